The minimum Gasteiger partial charge on any atom is -0.376 e. The number of halogens is 1. The molecule has 0 aliphatic rings. The van der Waals surface area contributed by atoms with Crippen LogP contribution in [-0.4, -0.2) is 4.98 Å². The molecule has 0 spiro atoms. The number of thiazole rings is 1. The lowest BCUT2D eigenvalue weighted by molar-refractivity contribution is 0.884. The quantitative estimate of drug-likeness (QED) is 0.697. The van der Waals surface area contributed by atoms with Crippen molar-refractivity contribution in [1.82, 2.24) is 4.98 Å². The van der Waals surface area contributed by atoms with Crippen molar-refractivity contribution in [3.05, 3.63) is 58.1 Å². The molecule has 1 atom stereocenters. The Hall–Kier alpha value is -1.58. The third kappa shape index (κ3) is 2.51. The monoisotopic (exact) mass is 302 g/mol. The number of hydrogen-bond acceptors (Lipinski definition) is 3. The van der Waals surface area contributed by atoms with Gasteiger partial charge in [0.15, 0.2) is 0 Å². The van der Waals surface area contributed by atoms with Crippen molar-refractivity contribution in [2.75, 3.05) is 5.32 Å². The van der Waals surface area contributed by atoms with E-state index < -0.39 is 0 Å². The van der Waals surface area contributed by atoms with E-state index in [9.17, 15) is 0 Å². The van der Waals surface area contributed by atoms with Crippen LogP contribution >= 0.6 is 22.9 Å². The van der Waals surface area contributed by atoms with E-state index in [0.29, 0.717) is 5.02 Å². The van der Waals surface area contributed by atoms with Crippen molar-refractivity contribution in [1.29, 1.82) is 0 Å². The van der Waals surface area contributed by atoms with E-state index >= 15 is 0 Å². The number of hydrogen-bond donors (Lipinski definition) is 1. The first-order chi connectivity index (χ1) is 9.65. The molecule has 1 unspecified atom stereocenters. The molecule has 102 valence electrons. The van der Waals surface area contributed by atoms with Crippen LogP contribution in [-0.2, 0) is 0 Å². The van der Waals surface area contributed by atoms with Gasteiger partial charge in [0.2, 0.25) is 0 Å². The van der Waals surface area contributed by atoms with Gasteiger partial charge < -0.3 is 5.32 Å². The molecule has 0 saturated carbocycles. The molecule has 1 N–H and O–H groups in total. The molecule has 1 heterocycles. The summed E-state index contributed by atoms with van der Waals surface area (Å²) >= 11 is 7.95. The van der Waals surface area contributed by atoms with Gasteiger partial charge >= 0.3 is 0 Å². The van der Waals surface area contributed by atoms with E-state index in [1.807, 2.05) is 17.6 Å². The third-order valence-corrected chi connectivity index (χ3v) is 4.46. The predicted octanol–water partition coefficient (Wildman–Crippen LogP) is 5.43. The first-order valence-electron chi connectivity index (χ1n) is 6.50. The Bertz CT molecular complexity index is 751. The molecule has 1 aromatic heterocycles. The van der Waals surface area contributed by atoms with Crippen LogP contribution in [0.2, 0.25) is 5.02 Å². The molecule has 0 aliphatic carbocycles. The summed E-state index contributed by atoms with van der Waals surface area (Å²) in [4.78, 5) is 4.42. The number of benzene rings is 2. The summed E-state index contributed by atoms with van der Waals surface area (Å²) in [5.74, 6) is 0. The van der Waals surface area contributed by atoms with E-state index in [-0.39, 0.29) is 6.04 Å². The highest BCUT2D eigenvalue weighted by atomic mass is 35.5. The van der Waals surface area contributed by atoms with Gasteiger partial charge in [0.05, 0.1) is 20.9 Å². The molecular weight excluding hydrogens is 288 g/mol. The van der Waals surface area contributed by atoms with Crippen LogP contribution in [0.5, 0.6) is 0 Å². The van der Waals surface area contributed by atoms with Crippen LogP contribution in [0.4, 0.5) is 5.69 Å². The molecule has 20 heavy (non-hydrogen) atoms. The van der Waals surface area contributed by atoms with Crippen molar-refractivity contribution in [3.63, 3.8) is 0 Å². The maximum Gasteiger partial charge on any atom is 0.106 e. The van der Waals surface area contributed by atoms with Gasteiger partial charge in [-0.2, -0.15) is 0 Å². The zero-order valence-corrected chi connectivity index (χ0v) is 12.9. The SMILES string of the molecule is Cc1cccc(C(C)Nc2c(Cl)ccc3scnc23)c1. The Kier molecular flexibility index (Phi) is 3.64. The lowest BCUT2D eigenvalue weighted by Gasteiger charge is -2.17. The zero-order chi connectivity index (χ0) is 14.1. The van der Waals surface area contributed by atoms with Crippen molar-refractivity contribution in [2.45, 2.75) is 19.9 Å². The molecule has 3 aromatic rings. The number of aromatic nitrogens is 1. The second-order valence-corrected chi connectivity index (χ2v) is 6.20. The molecule has 0 amide bonds. The maximum absolute atomic E-state index is 6.33. The molecular formula is C16H15ClN2S. The van der Waals surface area contributed by atoms with Crippen molar-refractivity contribution in [3.8, 4) is 0 Å². The maximum atomic E-state index is 6.33. The Balaban J connectivity index is 1.96. The molecule has 2 aromatic carbocycles. The fourth-order valence-electron chi connectivity index (χ4n) is 2.28. The predicted molar refractivity (Wildman–Crippen MR) is 87.8 cm³/mol. The fourth-order valence-corrected chi connectivity index (χ4v) is 3.17. The van der Waals surface area contributed by atoms with Crippen LogP contribution in [0, 0.1) is 6.92 Å². The summed E-state index contributed by atoms with van der Waals surface area (Å²) in [5, 5.41) is 4.21. The topological polar surface area (TPSA) is 24.9 Å². The molecule has 0 bridgehead atoms. The van der Waals surface area contributed by atoms with Crippen LogP contribution in [0.3, 0.4) is 0 Å². The van der Waals surface area contributed by atoms with Gasteiger partial charge in [-0.25, -0.2) is 4.98 Å². The summed E-state index contributed by atoms with van der Waals surface area (Å²) < 4.78 is 1.15. The number of rotatable bonds is 3. The number of fused-ring (bicyclic) bond motifs is 1. The van der Waals surface area contributed by atoms with E-state index in [1.165, 1.54) is 11.1 Å². The fraction of sp³-hybridized carbons (Fsp3) is 0.188. The first-order valence-corrected chi connectivity index (χ1v) is 7.75. The standard InChI is InChI=1S/C16H15ClN2S/c1-10-4-3-5-12(8-10)11(2)19-15-13(17)6-7-14-16(15)18-9-20-14/h3-9,11,19H,1-2H3. The zero-order valence-electron chi connectivity index (χ0n) is 11.4. The lowest BCUT2D eigenvalue weighted by Crippen LogP contribution is -2.07. The van der Waals surface area contributed by atoms with Gasteiger partial charge in [0, 0.05) is 6.04 Å². The molecule has 0 radical (unpaired) electrons. The Morgan fingerprint density at radius 3 is 2.90 bits per heavy atom. The van der Waals surface area contributed by atoms with Gasteiger partial charge in [0.1, 0.15) is 5.52 Å². The van der Waals surface area contributed by atoms with Gasteiger partial charge in [-0.15, -0.1) is 11.3 Å². The van der Waals surface area contributed by atoms with Crippen molar-refractivity contribution < 1.29 is 0 Å². The van der Waals surface area contributed by atoms with E-state index in [2.05, 4.69) is 48.4 Å². The highest BCUT2D eigenvalue weighted by Crippen LogP contribution is 2.34. The van der Waals surface area contributed by atoms with Crippen LogP contribution < -0.4 is 5.32 Å². The number of nitrogens with one attached hydrogen (secondary N) is 1. The van der Waals surface area contributed by atoms with Gasteiger partial charge in [-0.3, -0.25) is 0 Å². The largest absolute Gasteiger partial charge is 0.376 e. The summed E-state index contributed by atoms with van der Waals surface area (Å²) in [6.45, 7) is 4.24. The molecule has 0 fully saturated rings. The summed E-state index contributed by atoms with van der Waals surface area (Å²) in [6.07, 6.45) is 0. The summed E-state index contributed by atoms with van der Waals surface area (Å²) in [7, 11) is 0. The van der Waals surface area contributed by atoms with Crippen LogP contribution in [0.15, 0.2) is 41.9 Å². The summed E-state index contributed by atoms with van der Waals surface area (Å²) in [6, 6.07) is 12.6. The third-order valence-electron chi connectivity index (χ3n) is 3.35. The second-order valence-electron chi connectivity index (χ2n) is 4.90. The molecule has 0 saturated heterocycles. The van der Waals surface area contributed by atoms with Gasteiger partial charge in [-0.05, 0) is 31.5 Å². The van der Waals surface area contributed by atoms with E-state index in [0.717, 1.165) is 15.9 Å². The lowest BCUT2D eigenvalue weighted by atomic mass is 10.1. The smallest absolute Gasteiger partial charge is 0.106 e. The normalized spacial score (nSPS) is 12.6. The average molecular weight is 303 g/mol. The summed E-state index contributed by atoms with van der Waals surface area (Å²) in [5.41, 5.74) is 6.22. The second kappa shape index (κ2) is 5.43. The number of aryl methyl sites for hydroxylation is 1. The Labute approximate surface area is 127 Å². The Morgan fingerprint density at radius 1 is 1.25 bits per heavy atom. The number of anilines is 1. The van der Waals surface area contributed by atoms with Gasteiger partial charge in [-0.1, -0.05) is 41.4 Å². The Morgan fingerprint density at radius 2 is 2.10 bits per heavy atom. The molecule has 3 rings (SSSR count). The van der Waals surface area contributed by atoms with Crippen molar-refractivity contribution in [2.24, 2.45) is 0 Å². The minimum absolute atomic E-state index is 0.180. The highest BCUT2D eigenvalue weighted by Gasteiger charge is 2.12. The number of nitrogens with zero attached hydrogens (tertiary/aromatic N) is 1. The van der Waals surface area contributed by atoms with Crippen molar-refractivity contribution >= 4 is 38.8 Å². The van der Waals surface area contributed by atoms with E-state index in [1.54, 1.807) is 11.3 Å². The molecule has 0 aliphatic heterocycles. The molecule has 4 heteroatoms. The highest BCUT2D eigenvalue weighted by molar-refractivity contribution is 7.16. The average Bonchev–Trinajstić information content (AvgIpc) is 2.90. The minimum atomic E-state index is 0.180. The first kappa shape index (κ1) is 13.4. The molecule has 2 nitrogen and oxygen atoms in total. The van der Waals surface area contributed by atoms with E-state index in [4.69, 9.17) is 11.6 Å². The van der Waals surface area contributed by atoms with Gasteiger partial charge in [0.25, 0.3) is 0 Å². The van der Waals surface area contributed by atoms with Crippen LogP contribution in [0.25, 0.3) is 10.2 Å². The van der Waals surface area contributed by atoms with Crippen LogP contribution in [0.1, 0.15) is 24.1 Å².